The number of fused-ring (bicyclic) bond motifs is 1. The van der Waals surface area contributed by atoms with Crippen LogP contribution in [0.5, 0.6) is 0 Å². The molecule has 1 aliphatic rings. The Labute approximate surface area is 103 Å². The zero-order valence-corrected chi connectivity index (χ0v) is 10.8. The van der Waals surface area contributed by atoms with Gasteiger partial charge in [-0.15, -0.1) is 0 Å². The number of hydrogen-bond acceptors (Lipinski definition) is 3. The van der Waals surface area contributed by atoms with Gasteiger partial charge in [0.1, 0.15) is 11.7 Å². The Hall–Kier alpha value is -1.42. The van der Waals surface area contributed by atoms with Gasteiger partial charge in [0, 0.05) is 25.2 Å². The molecular formula is C13H20N4. The summed E-state index contributed by atoms with van der Waals surface area (Å²) in [4.78, 5) is 10.9. The van der Waals surface area contributed by atoms with Crippen LogP contribution in [0.1, 0.15) is 19.0 Å². The third-order valence-corrected chi connectivity index (χ3v) is 3.38. The van der Waals surface area contributed by atoms with Gasteiger partial charge in [-0.3, -0.25) is 9.56 Å². The molecule has 0 bridgehead atoms. The molecule has 0 amide bonds. The van der Waals surface area contributed by atoms with E-state index in [1.165, 1.54) is 5.69 Å². The summed E-state index contributed by atoms with van der Waals surface area (Å²) in [6.07, 6.45) is 1.12. The zero-order valence-electron chi connectivity index (χ0n) is 10.8. The van der Waals surface area contributed by atoms with Crippen molar-refractivity contribution in [3.05, 3.63) is 17.8 Å². The minimum Gasteiger partial charge on any atom is -0.301 e. The molecule has 0 saturated carbocycles. The molecular weight excluding hydrogens is 212 g/mol. The maximum absolute atomic E-state index is 4.45. The lowest BCUT2D eigenvalue weighted by Crippen LogP contribution is -2.32. The summed E-state index contributed by atoms with van der Waals surface area (Å²) in [6.45, 7) is 7.89. The molecule has 0 aliphatic carbocycles. The lowest BCUT2D eigenvalue weighted by Gasteiger charge is -2.27. The molecule has 1 aromatic rings. The second-order valence-electron chi connectivity index (χ2n) is 4.69. The first kappa shape index (κ1) is 12.0. The Morgan fingerprint density at radius 3 is 2.82 bits per heavy atom. The quantitative estimate of drug-likeness (QED) is 0.683. The Morgan fingerprint density at radius 2 is 2.18 bits per heavy atom. The monoisotopic (exact) mass is 232 g/mol. The minimum absolute atomic E-state index is 0.439. The molecule has 0 radical (unpaired) electrons. The molecule has 4 nitrogen and oxygen atoms in total. The van der Waals surface area contributed by atoms with Crippen LogP contribution in [0.25, 0.3) is 0 Å². The minimum atomic E-state index is 0.439. The molecule has 0 fully saturated rings. The van der Waals surface area contributed by atoms with Crippen LogP contribution in [-0.2, 0) is 6.54 Å². The van der Waals surface area contributed by atoms with Crippen LogP contribution in [0.4, 0.5) is 5.82 Å². The summed E-state index contributed by atoms with van der Waals surface area (Å²) in [5.74, 6) is 2.43. The van der Waals surface area contributed by atoms with Crippen LogP contribution in [0, 0.1) is 5.92 Å². The first-order chi connectivity index (χ1) is 8.17. The van der Waals surface area contributed by atoms with Crippen molar-refractivity contribution in [2.24, 2.45) is 15.9 Å². The van der Waals surface area contributed by atoms with E-state index in [0.29, 0.717) is 5.92 Å². The van der Waals surface area contributed by atoms with Crippen molar-refractivity contribution in [2.75, 3.05) is 20.6 Å². The zero-order chi connectivity index (χ0) is 12.4. The van der Waals surface area contributed by atoms with E-state index in [1.807, 2.05) is 13.1 Å². The molecule has 0 saturated heterocycles. The van der Waals surface area contributed by atoms with Crippen LogP contribution < -0.4 is 0 Å². The second-order valence-corrected chi connectivity index (χ2v) is 4.69. The van der Waals surface area contributed by atoms with Gasteiger partial charge in [0.25, 0.3) is 0 Å². The molecule has 17 heavy (non-hydrogen) atoms. The van der Waals surface area contributed by atoms with Crippen molar-refractivity contribution in [2.45, 2.75) is 19.9 Å². The van der Waals surface area contributed by atoms with E-state index >= 15 is 0 Å². The molecule has 2 heterocycles. The van der Waals surface area contributed by atoms with E-state index in [2.05, 4.69) is 46.2 Å². The molecule has 1 aromatic heterocycles. The predicted molar refractivity (Wildman–Crippen MR) is 72.5 cm³/mol. The number of aromatic nitrogens is 1. The van der Waals surface area contributed by atoms with Crippen molar-refractivity contribution >= 4 is 18.4 Å². The summed E-state index contributed by atoms with van der Waals surface area (Å²) in [7, 11) is 4.01. The fourth-order valence-corrected chi connectivity index (χ4v) is 2.42. The van der Waals surface area contributed by atoms with Crippen LogP contribution in [-0.4, -0.2) is 42.7 Å². The summed E-state index contributed by atoms with van der Waals surface area (Å²) < 4.78 is 2.15. The number of aliphatic imine (C=N–C) groups is 2. The fraction of sp³-hybridized carbons (Fsp3) is 0.538. The Bertz CT molecular complexity index is 444. The maximum Gasteiger partial charge on any atom is 0.137 e. The maximum atomic E-state index is 4.45. The van der Waals surface area contributed by atoms with Crippen molar-refractivity contribution < 1.29 is 0 Å². The van der Waals surface area contributed by atoms with Crippen LogP contribution >= 0.6 is 0 Å². The van der Waals surface area contributed by atoms with Gasteiger partial charge in [-0.05, 0) is 38.9 Å². The second kappa shape index (κ2) is 4.84. The highest BCUT2D eigenvalue weighted by Gasteiger charge is 2.21. The third kappa shape index (κ3) is 2.17. The van der Waals surface area contributed by atoms with Gasteiger partial charge in [-0.1, -0.05) is 6.92 Å². The Morgan fingerprint density at radius 1 is 1.41 bits per heavy atom. The van der Waals surface area contributed by atoms with Gasteiger partial charge >= 0.3 is 0 Å². The highest BCUT2D eigenvalue weighted by molar-refractivity contribution is 5.90. The first-order valence-electron chi connectivity index (χ1n) is 6.00. The number of hydrogen-bond donors (Lipinski definition) is 0. The number of rotatable bonds is 1. The van der Waals surface area contributed by atoms with Gasteiger partial charge in [-0.2, -0.15) is 0 Å². The molecule has 0 aromatic carbocycles. The molecule has 1 atom stereocenters. The average molecular weight is 232 g/mol. The van der Waals surface area contributed by atoms with Gasteiger partial charge in [0.2, 0.25) is 0 Å². The topological polar surface area (TPSA) is 32.9 Å². The molecule has 2 rings (SSSR count). The predicted octanol–water partition coefficient (Wildman–Crippen LogP) is 2.17. The van der Waals surface area contributed by atoms with E-state index < -0.39 is 0 Å². The average Bonchev–Trinajstić information content (AvgIpc) is 2.69. The first-order valence-corrected chi connectivity index (χ1v) is 6.00. The normalized spacial score (nSPS) is 24.2. The van der Waals surface area contributed by atoms with Crippen molar-refractivity contribution in [3.8, 4) is 0 Å². The van der Waals surface area contributed by atoms with Gasteiger partial charge in [-0.25, -0.2) is 4.99 Å². The lowest BCUT2D eigenvalue weighted by molar-refractivity contribution is 0.300. The standard InChI is InChI=1S/C13H20N4/c1-10-7-8-16(4)9-11-5-6-12(14-2)17(11)13(10)15-3/h5-6,10H,2,7-9H2,1,3-4H3. The molecule has 92 valence electrons. The lowest BCUT2D eigenvalue weighted by atomic mass is 10.0. The largest absolute Gasteiger partial charge is 0.301 e. The van der Waals surface area contributed by atoms with E-state index in [-0.39, 0.29) is 0 Å². The van der Waals surface area contributed by atoms with Crippen molar-refractivity contribution in [3.63, 3.8) is 0 Å². The SMILES string of the molecule is C=Nc1ccc2n1C(=NC)C(C)CCN(C)C2. The van der Waals surface area contributed by atoms with Gasteiger partial charge < -0.3 is 4.90 Å². The summed E-state index contributed by atoms with van der Waals surface area (Å²) in [6, 6.07) is 4.13. The van der Waals surface area contributed by atoms with Crippen LogP contribution in [0.2, 0.25) is 0 Å². The highest BCUT2D eigenvalue weighted by Crippen LogP contribution is 2.24. The Kier molecular flexibility index (Phi) is 3.43. The summed E-state index contributed by atoms with van der Waals surface area (Å²) in [5.41, 5.74) is 1.24. The Balaban J connectivity index is 2.54. The number of nitrogens with zero attached hydrogens (tertiary/aromatic N) is 4. The smallest absolute Gasteiger partial charge is 0.137 e. The molecule has 1 unspecified atom stereocenters. The van der Waals surface area contributed by atoms with E-state index in [1.54, 1.807) is 0 Å². The van der Waals surface area contributed by atoms with E-state index in [0.717, 1.165) is 31.2 Å². The molecule has 1 aliphatic heterocycles. The van der Waals surface area contributed by atoms with Crippen molar-refractivity contribution in [1.82, 2.24) is 9.47 Å². The van der Waals surface area contributed by atoms with Crippen molar-refractivity contribution in [1.29, 1.82) is 0 Å². The van der Waals surface area contributed by atoms with E-state index in [9.17, 15) is 0 Å². The summed E-state index contributed by atoms with van der Waals surface area (Å²) in [5, 5.41) is 0. The van der Waals surface area contributed by atoms with Gasteiger partial charge in [0.05, 0.1) is 0 Å². The van der Waals surface area contributed by atoms with Crippen LogP contribution in [0.15, 0.2) is 22.1 Å². The third-order valence-electron chi connectivity index (χ3n) is 3.38. The molecule has 4 heteroatoms. The summed E-state index contributed by atoms with van der Waals surface area (Å²) >= 11 is 0. The highest BCUT2D eigenvalue weighted by atomic mass is 15.2. The molecule has 0 N–H and O–H groups in total. The fourth-order valence-electron chi connectivity index (χ4n) is 2.42. The van der Waals surface area contributed by atoms with Crippen LogP contribution in [0.3, 0.4) is 0 Å². The molecule has 0 spiro atoms. The van der Waals surface area contributed by atoms with E-state index in [4.69, 9.17) is 0 Å². The van der Waals surface area contributed by atoms with Gasteiger partial charge in [0.15, 0.2) is 0 Å².